The maximum Gasteiger partial charge on any atom is 0.121 e. The normalized spacial score (nSPS) is 30.7. The third kappa shape index (κ3) is 2.39. The molecule has 0 amide bonds. The Morgan fingerprint density at radius 3 is 3.00 bits per heavy atom. The SMILES string of the molecule is CCN1CCOC(I)C1. The Bertz CT molecular complexity index is 89.1. The van der Waals surface area contributed by atoms with Crippen LogP contribution in [0.3, 0.4) is 0 Å². The predicted molar refractivity (Wildman–Crippen MR) is 45.9 cm³/mol. The molecule has 0 N–H and O–H groups in total. The van der Waals surface area contributed by atoms with Crippen LogP contribution >= 0.6 is 22.6 Å². The summed E-state index contributed by atoms with van der Waals surface area (Å²) in [5, 5.41) is 0. The van der Waals surface area contributed by atoms with Crippen molar-refractivity contribution in [1.82, 2.24) is 4.90 Å². The van der Waals surface area contributed by atoms with E-state index in [4.69, 9.17) is 4.74 Å². The van der Waals surface area contributed by atoms with Gasteiger partial charge in [0.2, 0.25) is 0 Å². The van der Waals surface area contributed by atoms with E-state index in [0.717, 1.165) is 26.2 Å². The lowest BCUT2D eigenvalue weighted by molar-refractivity contribution is 0.0293. The smallest absolute Gasteiger partial charge is 0.121 e. The average Bonchev–Trinajstić information content (AvgIpc) is 1.88. The van der Waals surface area contributed by atoms with Gasteiger partial charge >= 0.3 is 0 Å². The number of morpholine rings is 1. The minimum Gasteiger partial charge on any atom is -0.365 e. The minimum atomic E-state index is 0.413. The molecule has 1 aliphatic rings. The molecule has 0 aromatic rings. The van der Waals surface area contributed by atoms with E-state index >= 15 is 0 Å². The van der Waals surface area contributed by atoms with Crippen LogP contribution in [0, 0.1) is 0 Å². The quantitative estimate of drug-likeness (QED) is 0.503. The van der Waals surface area contributed by atoms with Crippen molar-refractivity contribution in [3.8, 4) is 0 Å². The van der Waals surface area contributed by atoms with Gasteiger partial charge in [-0.1, -0.05) is 6.92 Å². The fourth-order valence-corrected chi connectivity index (χ4v) is 1.76. The second-order valence-electron chi connectivity index (χ2n) is 2.17. The second kappa shape index (κ2) is 3.73. The van der Waals surface area contributed by atoms with Crippen LogP contribution in [0.4, 0.5) is 0 Å². The molecule has 0 bridgehead atoms. The monoisotopic (exact) mass is 241 g/mol. The second-order valence-corrected chi connectivity index (χ2v) is 3.56. The van der Waals surface area contributed by atoms with Crippen LogP contribution in [-0.2, 0) is 4.74 Å². The van der Waals surface area contributed by atoms with Crippen molar-refractivity contribution in [1.29, 1.82) is 0 Å². The zero-order chi connectivity index (χ0) is 6.69. The van der Waals surface area contributed by atoms with Gasteiger partial charge in [0.25, 0.3) is 0 Å². The number of likely N-dealkylation sites (N-methyl/N-ethyl adjacent to an activating group) is 1. The Morgan fingerprint density at radius 1 is 1.78 bits per heavy atom. The fraction of sp³-hybridized carbons (Fsp3) is 1.00. The predicted octanol–water partition coefficient (Wildman–Crippen LogP) is 1.10. The summed E-state index contributed by atoms with van der Waals surface area (Å²) in [5.74, 6) is 0. The van der Waals surface area contributed by atoms with E-state index in [1.807, 2.05) is 0 Å². The van der Waals surface area contributed by atoms with Gasteiger partial charge in [-0.05, 0) is 29.1 Å². The summed E-state index contributed by atoms with van der Waals surface area (Å²) in [7, 11) is 0. The van der Waals surface area contributed by atoms with E-state index in [2.05, 4.69) is 34.4 Å². The van der Waals surface area contributed by atoms with Crippen LogP contribution in [0.1, 0.15) is 6.92 Å². The zero-order valence-electron chi connectivity index (χ0n) is 5.64. The van der Waals surface area contributed by atoms with Crippen LogP contribution in [-0.4, -0.2) is 35.3 Å². The molecule has 0 aromatic heterocycles. The molecule has 1 fully saturated rings. The summed E-state index contributed by atoms with van der Waals surface area (Å²) in [5.41, 5.74) is 0. The van der Waals surface area contributed by atoms with E-state index in [1.165, 1.54) is 0 Å². The summed E-state index contributed by atoms with van der Waals surface area (Å²) in [4.78, 5) is 2.40. The minimum absolute atomic E-state index is 0.413. The van der Waals surface area contributed by atoms with Crippen molar-refractivity contribution in [2.75, 3.05) is 26.2 Å². The van der Waals surface area contributed by atoms with Crippen LogP contribution in [0.5, 0.6) is 0 Å². The number of alkyl halides is 1. The Hall–Kier alpha value is 0.650. The molecular weight excluding hydrogens is 229 g/mol. The molecule has 0 radical (unpaired) electrons. The Labute approximate surface area is 69.7 Å². The highest BCUT2D eigenvalue weighted by Gasteiger charge is 2.15. The maximum atomic E-state index is 5.35. The van der Waals surface area contributed by atoms with Crippen LogP contribution in [0.2, 0.25) is 0 Å². The van der Waals surface area contributed by atoms with Crippen molar-refractivity contribution in [2.45, 2.75) is 11.0 Å². The molecule has 1 aliphatic heterocycles. The Kier molecular flexibility index (Phi) is 3.21. The maximum absolute atomic E-state index is 5.35. The Morgan fingerprint density at radius 2 is 2.56 bits per heavy atom. The van der Waals surface area contributed by atoms with Crippen molar-refractivity contribution >= 4 is 22.6 Å². The first-order chi connectivity index (χ1) is 4.33. The van der Waals surface area contributed by atoms with Gasteiger partial charge in [-0.25, -0.2) is 0 Å². The Balaban J connectivity index is 2.23. The molecule has 0 aliphatic carbocycles. The average molecular weight is 241 g/mol. The molecule has 1 rings (SSSR count). The highest BCUT2D eigenvalue weighted by molar-refractivity contribution is 14.1. The third-order valence-electron chi connectivity index (χ3n) is 1.56. The van der Waals surface area contributed by atoms with E-state index in [9.17, 15) is 0 Å². The molecule has 0 aromatic carbocycles. The van der Waals surface area contributed by atoms with Gasteiger partial charge in [0.1, 0.15) is 4.11 Å². The summed E-state index contributed by atoms with van der Waals surface area (Å²) < 4.78 is 5.77. The molecule has 1 heterocycles. The van der Waals surface area contributed by atoms with E-state index in [-0.39, 0.29) is 0 Å². The topological polar surface area (TPSA) is 12.5 Å². The van der Waals surface area contributed by atoms with Gasteiger partial charge < -0.3 is 4.74 Å². The molecule has 54 valence electrons. The van der Waals surface area contributed by atoms with E-state index in [1.54, 1.807) is 0 Å². The summed E-state index contributed by atoms with van der Waals surface area (Å²) >= 11 is 2.33. The number of halogens is 1. The zero-order valence-corrected chi connectivity index (χ0v) is 7.80. The number of rotatable bonds is 1. The number of hydrogen-bond donors (Lipinski definition) is 0. The molecular formula is C6H12INO. The molecule has 1 unspecified atom stereocenters. The van der Waals surface area contributed by atoms with Gasteiger partial charge in [-0.3, -0.25) is 4.90 Å². The van der Waals surface area contributed by atoms with Gasteiger partial charge in [0, 0.05) is 13.1 Å². The lowest BCUT2D eigenvalue weighted by atomic mass is 10.4. The van der Waals surface area contributed by atoms with Crippen LogP contribution in [0.25, 0.3) is 0 Å². The van der Waals surface area contributed by atoms with E-state index < -0.39 is 0 Å². The van der Waals surface area contributed by atoms with Gasteiger partial charge in [-0.15, -0.1) is 0 Å². The highest BCUT2D eigenvalue weighted by Crippen LogP contribution is 2.09. The fourth-order valence-electron chi connectivity index (χ4n) is 0.944. The first kappa shape index (κ1) is 7.75. The molecule has 9 heavy (non-hydrogen) atoms. The number of nitrogens with zero attached hydrogens (tertiary/aromatic N) is 1. The van der Waals surface area contributed by atoms with Crippen molar-refractivity contribution < 1.29 is 4.74 Å². The third-order valence-corrected chi connectivity index (χ3v) is 2.31. The van der Waals surface area contributed by atoms with Gasteiger partial charge in [-0.2, -0.15) is 0 Å². The molecule has 1 atom stereocenters. The summed E-state index contributed by atoms with van der Waals surface area (Å²) in [6.45, 7) is 6.45. The first-order valence-electron chi connectivity index (χ1n) is 3.31. The standard InChI is InChI=1S/C6H12INO/c1-2-8-3-4-9-6(7)5-8/h6H,2-5H2,1H3. The van der Waals surface area contributed by atoms with E-state index in [0.29, 0.717) is 4.11 Å². The summed E-state index contributed by atoms with van der Waals surface area (Å²) in [6.07, 6.45) is 0. The molecule has 0 saturated carbocycles. The highest BCUT2D eigenvalue weighted by atomic mass is 127. The lowest BCUT2D eigenvalue weighted by Crippen LogP contribution is -2.39. The van der Waals surface area contributed by atoms with Crippen molar-refractivity contribution in [3.63, 3.8) is 0 Å². The molecule has 3 heteroatoms. The lowest BCUT2D eigenvalue weighted by Gasteiger charge is -2.28. The number of ether oxygens (including phenoxy) is 1. The summed E-state index contributed by atoms with van der Waals surface area (Å²) in [6, 6.07) is 0. The van der Waals surface area contributed by atoms with Crippen LogP contribution < -0.4 is 0 Å². The van der Waals surface area contributed by atoms with Crippen molar-refractivity contribution in [2.24, 2.45) is 0 Å². The van der Waals surface area contributed by atoms with Gasteiger partial charge in [0.15, 0.2) is 0 Å². The molecule has 1 saturated heterocycles. The number of hydrogen-bond acceptors (Lipinski definition) is 2. The largest absolute Gasteiger partial charge is 0.365 e. The van der Waals surface area contributed by atoms with Gasteiger partial charge in [0.05, 0.1) is 6.61 Å². The molecule has 0 spiro atoms. The van der Waals surface area contributed by atoms with Crippen molar-refractivity contribution in [3.05, 3.63) is 0 Å². The molecule has 2 nitrogen and oxygen atoms in total. The van der Waals surface area contributed by atoms with Crippen LogP contribution in [0.15, 0.2) is 0 Å². The first-order valence-corrected chi connectivity index (χ1v) is 4.55.